The largest absolute Gasteiger partial charge is 0.276 e. The lowest BCUT2D eigenvalue weighted by Crippen LogP contribution is -2.19. The molecule has 0 heterocycles. The first kappa shape index (κ1) is 16.0. The fraction of sp³-hybridized carbons (Fsp3) is 0.0714. The second-order valence-corrected chi connectivity index (χ2v) is 7.27. The molecule has 0 aliphatic carbocycles. The Morgan fingerprint density at radius 3 is 2.24 bits per heavy atom. The van der Waals surface area contributed by atoms with Gasteiger partial charge in [-0.05, 0) is 48.9 Å². The monoisotopic (exact) mass is 386 g/mol. The van der Waals surface area contributed by atoms with Gasteiger partial charge in [0, 0.05) is 9.50 Å². The smallest absolute Gasteiger partial charge is 0.200 e. The van der Waals surface area contributed by atoms with Gasteiger partial charge in [0.05, 0.1) is 10.6 Å². The molecule has 7 heteroatoms. The lowest BCUT2D eigenvalue weighted by molar-refractivity contribution is 0.584. The van der Waals surface area contributed by atoms with Gasteiger partial charge < -0.3 is 0 Å². The third-order valence-corrected chi connectivity index (χ3v) is 4.72. The van der Waals surface area contributed by atoms with E-state index >= 15 is 0 Å². The van der Waals surface area contributed by atoms with E-state index in [0.717, 1.165) is 10.0 Å². The molecule has 0 fully saturated rings. The van der Waals surface area contributed by atoms with Gasteiger partial charge in [-0.3, -0.25) is 0 Å². The van der Waals surface area contributed by atoms with Crippen molar-refractivity contribution >= 4 is 43.3 Å². The minimum Gasteiger partial charge on any atom is -0.200 e. The Morgan fingerprint density at radius 1 is 1.10 bits per heavy atom. The Morgan fingerprint density at radius 2 is 1.67 bits per heavy atom. The van der Waals surface area contributed by atoms with Crippen LogP contribution in [0.1, 0.15) is 12.5 Å². The maximum Gasteiger partial charge on any atom is 0.276 e. The summed E-state index contributed by atoms with van der Waals surface area (Å²) in [5.41, 5.74) is 1.40. The number of hydrogen-bond acceptors (Lipinski definition) is 3. The highest BCUT2D eigenvalue weighted by Gasteiger charge is 2.12. The summed E-state index contributed by atoms with van der Waals surface area (Å²) < 4.78 is 25.1. The van der Waals surface area contributed by atoms with Gasteiger partial charge in [0.2, 0.25) is 0 Å². The molecule has 4 nitrogen and oxygen atoms in total. The predicted octanol–water partition coefficient (Wildman–Crippen LogP) is 3.81. The standard InChI is InChI=1S/C14H12BrClN2O2S/c1-10(11-2-4-12(15)5-3-11)17-18-21(19,20)14-8-6-13(16)7-9-14/h2-9,18H,1H3/b17-10+. The van der Waals surface area contributed by atoms with E-state index in [-0.39, 0.29) is 4.90 Å². The van der Waals surface area contributed by atoms with Crippen LogP contribution in [0, 0.1) is 0 Å². The first-order valence-corrected chi connectivity index (χ1v) is 8.61. The number of hydrazone groups is 1. The van der Waals surface area contributed by atoms with Crippen molar-refractivity contribution in [2.45, 2.75) is 11.8 Å². The molecule has 0 spiro atoms. The highest BCUT2D eigenvalue weighted by atomic mass is 79.9. The molecule has 0 atom stereocenters. The summed E-state index contributed by atoms with van der Waals surface area (Å²) in [6.45, 7) is 1.73. The maximum absolute atomic E-state index is 12.1. The van der Waals surface area contributed by atoms with Crippen LogP contribution < -0.4 is 4.83 Å². The van der Waals surface area contributed by atoms with Crippen molar-refractivity contribution in [3.63, 3.8) is 0 Å². The topological polar surface area (TPSA) is 58.5 Å². The van der Waals surface area contributed by atoms with E-state index in [1.807, 2.05) is 24.3 Å². The molecule has 0 unspecified atom stereocenters. The zero-order valence-corrected chi connectivity index (χ0v) is 14.2. The molecule has 0 saturated heterocycles. The summed E-state index contributed by atoms with van der Waals surface area (Å²) in [7, 11) is -3.69. The van der Waals surface area contributed by atoms with Gasteiger partial charge in [-0.25, -0.2) is 0 Å². The maximum atomic E-state index is 12.1. The van der Waals surface area contributed by atoms with Gasteiger partial charge in [-0.1, -0.05) is 39.7 Å². The van der Waals surface area contributed by atoms with E-state index < -0.39 is 10.0 Å². The summed E-state index contributed by atoms with van der Waals surface area (Å²) >= 11 is 9.07. The Bertz CT molecular complexity index is 757. The van der Waals surface area contributed by atoms with Crippen LogP contribution >= 0.6 is 27.5 Å². The van der Waals surface area contributed by atoms with E-state index in [2.05, 4.69) is 25.9 Å². The zero-order chi connectivity index (χ0) is 15.5. The molecule has 0 aromatic heterocycles. The summed E-state index contributed by atoms with van der Waals surface area (Å²) in [4.78, 5) is 2.32. The van der Waals surface area contributed by atoms with E-state index in [9.17, 15) is 8.42 Å². The third kappa shape index (κ3) is 4.30. The van der Waals surface area contributed by atoms with Crippen molar-refractivity contribution < 1.29 is 8.42 Å². The minimum atomic E-state index is -3.69. The molecule has 0 radical (unpaired) electrons. The van der Waals surface area contributed by atoms with Crippen molar-refractivity contribution in [3.05, 3.63) is 63.6 Å². The summed E-state index contributed by atoms with van der Waals surface area (Å²) in [5, 5.41) is 4.40. The summed E-state index contributed by atoms with van der Waals surface area (Å²) in [6, 6.07) is 13.3. The van der Waals surface area contributed by atoms with Crippen LogP contribution in [-0.2, 0) is 10.0 Å². The van der Waals surface area contributed by atoms with Gasteiger partial charge >= 0.3 is 0 Å². The SMILES string of the molecule is C/C(=N\NS(=O)(=O)c1ccc(Cl)cc1)c1ccc(Br)cc1. The Labute approximate surface area is 137 Å². The lowest BCUT2D eigenvalue weighted by Gasteiger charge is -2.05. The molecular weight excluding hydrogens is 376 g/mol. The van der Waals surface area contributed by atoms with E-state index in [1.54, 1.807) is 6.92 Å². The van der Waals surface area contributed by atoms with E-state index in [0.29, 0.717) is 10.7 Å². The molecule has 110 valence electrons. The van der Waals surface area contributed by atoms with Crippen LogP contribution in [-0.4, -0.2) is 14.1 Å². The number of nitrogens with zero attached hydrogens (tertiary/aromatic N) is 1. The fourth-order valence-electron chi connectivity index (χ4n) is 1.55. The molecule has 0 aliphatic heterocycles. The molecule has 0 aliphatic rings. The average Bonchev–Trinajstić information content (AvgIpc) is 2.46. The lowest BCUT2D eigenvalue weighted by atomic mass is 10.1. The number of hydrogen-bond donors (Lipinski definition) is 1. The fourth-order valence-corrected chi connectivity index (χ4v) is 2.80. The van der Waals surface area contributed by atoms with Crippen molar-refractivity contribution in [1.82, 2.24) is 4.83 Å². The van der Waals surface area contributed by atoms with Crippen LogP contribution in [0.15, 0.2) is 63.0 Å². The number of halogens is 2. The van der Waals surface area contributed by atoms with Gasteiger partial charge in [-0.15, -0.1) is 0 Å². The molecule has 2 rings (SSSR count). The third-order valence-electron chi connectivity index (χ3n) is 2.72. The van der Waals surface area contributed by atoms with Crippen LogP contribution in [0.4, 0.5) is 0 Å². The molecule has 0 amide bonds. The first-order chi connectivity index (χ1) is 9.88. The minimum absolute atomic E-state index is 0.110. The summed E-state index contributed by atoms with van der Waals surface area (Å²) in [6.07, 6.45) is 0. The van der Waals surface area contributed by atoms with Gasteiger partial charge in [0.1, 0.15) is 0 Å². The van der Waals surface area contributed by atoms with Crippen LogP contribution in [0.25, 0.3) is 0 Å². The van der Waals surface area contributed by atoms with Gasteiger partial charge in [0.15, 0.2) is 0 Å². The van der Waals surface area contributed by atoms with Gasteiger partial charge in [-0.2, -0.15) is 18.4 Å². The van der Waals surface area contributed by atoms with Crippen molar-refractivity contribution in [2.24, 2.45) is 5.10 Å². The van der Waals surface area contributed by atoms with E-state index in [1.165, 1.54) is 24.3 Å². The molecule has 0 saturated carbocycles. The zero-order valence-electron chi connectivity index (χ0n) is 11.0. The van der Waals surface area contributed by atoms with Crippen molar-refractivity contribution in [2.75, 3.05) is 0 Å². The average molecular weight is 388 g/mol. The van der Waals surface area contributed by atoms with Crippen molar-refractivity contribution in [3.8, 4) is 0 Å². The normalized spacial score (nSPS) is 12.2. The second-order valence-electron chi connectivity index (χ2n) is 4.25. The molecule has 1 N–H and O–H groups in total. The first-order valence-electron chi connectivity index (χ1n) is 5.96. The highest BCUT2D eigenvalue weighted by Crippen LogP contribution is 2.14. The Kier molecular flexibility index (Phi) is 5.03. The number of sulfonamides is 1. The predicted molar refractivity (Wildman–Crippen MR) is 88.1 cm³/mol. The highest BCUT2D eigenvalue weighted by molar-refractivity contribution is 9.10. The number of benzene rings is 2. The molecular formula is C14H12BrClN2O2S. The van der Waals surface area contributed by atoms with Crippen LogP contribution in [0.2, 0.25) is 5.02 Å². The number of nitrogens with one attached hydrogen (secondary N) is 1. The van der Waals surface area contributed by atoms with Crippen molar-refractivity contribution in [1.29, 1.82) is 0 Å². The quantitative estimate of drug-likeness (QED) is 0.640. The molecule has 2 aromatic rings. The summed E-state index contributed by atoms with van der Waals surface area (Å²) in [5.74, 6) is 0. The van der Waals surface area contributed by atoms with Crippen LogP contribution in [0.5, 0.6) is 0 Å². The second kappa shape index (κ2) is 6.60. The van der Waals surface area contributed by atoms with Crippen LogP contribution in [0.3, 0.4) is 0 Å². The molecule has 21 heavy (non-hydrogen) atoms. The Hall–Kier alpha value is -1.37. The number of rotatable bonds is 4. The molecule has 2 aromatic carbocycles. The van der Waals surface area contributed by atoms with Gasteiger partial charge in [0.25, 0.3) is 10.0 Å². The molecule has 0 bridgehead atoms. The Balaban J connectivity index is 2.18. The van der Waals surface area contributed by atoms with E-state index in [4.69, 9.17) is 11.6 Å².